The zero-order chi connectivity index (χ0) is 20.5. The molecule has 0 aromatic heterocycles. The van der Waals surface area contributed by atoms with Crippen molar-refractivity contribution in [1.29, 1.82) is 0 Å². The number of hydrogen-bond donors (Lipinski definition) is 2. The first-order valence-electron chi connectivity index (χ1n) is 7.91. The van der Waals surface area contributed by atoms with Gasteiger partial charge < -0.3 is 11.1 Å². The number of alkyl halides is 6. The Morgan fingerprint density at radius 2 is 1.35 bits per heavy atom. The highest BCUT2D eigenvalue weighted by atomic mass is 19.4. The first kappa shape index (κ1) is 22.3. The van der Waals surface area contributed by atoms with E-state index >= 15 is 0 Å². The van der Waals surface area contributed by atoms with Crippen LogP contribution in [0.25, 0.3) is 0 Å². The third-order valence-corrected chi connectivity index (χ3v) is 3.81. The van der Waals surface area contributed by atoms with Gasteiger partial charge in [0.15, 0.2) is 0 Å². The fourth-order valence-electron chi connectivity index (χ4n) is 2.40. The molecule has 0 unspecified atom stereocenters. The minimum absolute atomic E-state index is 0.0475. The second-order valence-electron chi connectivity index (χ2n) is 7.14. The van der Waals surface area contributed by atoms with E-state index in [9.17, 15) is 31.1 Å². The van der Waals surface area contributed by atoms with Gasteiger partial charge in [0.1, 0.15) is 0 Å². The van der Waals surface area contributed by atoms with Crippen molar-refractivity contribution in [3.8, 4) is 0 Å². The van der Waals surface area contributed by atoms with E-state index in [4.69, 9.17) is 5.73 Å². The molecule has 3 nitrogen and oxygen atoms in total. The maximum absolute atomic E-state index is 13.0. The first-order chi connectivity index (χ1) is 11.5. The Morgan fingerprint density at radius 1 is 0.962 bits per heavy atom. The van der Waals surface area contributed by atoms with Crippen molar-refractivity contribution < 1.29 is 31.1 Å². The first-order valence-corrected chi connectivity index (χ1v) is 7.91. The number of amides is 1. The van der Waals surface area contributed by atoms with Gasteiger partial charge in [-0.25, -0.2) is 0 Å². The van der Waals surface area contributed by atoms with Crippen LogP contribution in [-0.2, 0) is 22.7 Å². The van der Waals surface area contributed by atoms with Crippen LogP contribution in [0.2, 0.25) is 0 Å². The lowest BCUT2D eigenvalue weighted by atomic mass is 9.90. The van der Waals surface area contributed by atoms with Crippen LogP contribution in [0.5, 0.6) is 0 Å². The molecule has 26 heavy (non-hydrogen) atoms. The second-order valence-corrected chi connectivity index (χ2v) is 7.14. The summed E-state index contributed by atoms with van der Waals surface area (Å²) in [6.45, 7) is 6.31. The number of benzene rings is 1. The van der Waals surface area contributed by atoms with Crippen LogP contribution < -0.4 is 11.1 Å². The Hall–Kier alpha value is -1.77. The number of carbonyl (C=O) groups is 1. The van der Waals surface area contributed by atoms with Gasteiger partial charge in [0.25, 0.3) is 0 Å². The zero-order valence-electron chi connectivity index (χ0n) is 14.8. The van der Waals surface area contributed by atoms with Gasteiger partial charge in [-0.05, 0) is 49.9 Å². The van der Waals surface area contributed by atoms with Crippen LogP contribution in [0.15, 0.2) is 18.2 Å². The van der Waals surface area contributed by atoms with Gasteiger partial charge in [0, 0.05) is 0 Å². The van der Waals surface area contributed by atoms with Crippen molar-refractivity contribution in [2.75, 3.05) is 0 Å². The van der Waals surface area contributed by atoms with Crippen molar-refractivity contribution in [3.63, 3.8) is 0 Å². The van der Waals surface area contributed by atoms with E-state index in [-0.39, 0.29) is 17.5 Å². The molecular formula is C17H22F6N2O. The smallest absolute Gasteiger partial charge is 0.346 e. The molecule has 1 aromatic carbocycles. The minimum atomic E-state index is -4.95. The molecule has 1 rings (SSSR count). The fourth-order valence-corrected chi connectivity index (χ4v) is 2.40. The third-order valence-electron chi connectivity index (χ3n) is 3.81. The van der Waals surface area contributed by atoms with E-state index in [1.807, 2.05) is 13.8 Å². The summed E-state index contributed by atoms with van der Waals surface area (Å²) < 4.78 is 77.9. The molecule has 0 radical (unpaired) electrons. The minimum Gasteiger partial charge on any atom is -0.346 e. The van der Waals surface area contributed by atoms with Crippen molar-refractivity contribution >= 4 is 5.91 Å². The summed E-state index contributed by atoms with van der Waals surface area (Å²) in [5, 5.41) is 2.44. The van der Waals surface area contributed by atoms with Crippen molar-refractivity contribution in [2.24, 2.45) is 11.7 Å². The highest BCUT2D eigenvalue weighted by molar-refractivity contribution is 5.82. The van der Waals surface area contributed by atoms with Gasteiger partial charge in [-0.2, -0.15) is 26.3 Å². The Kier molecular flexibility index (Phi) is 6.39. The molecule has 3 N–H and O–H groups in total. The highest BCUT2D eigenvalue weighted by Gasteiger charge is 2.39. The van der Waals surface area contributed by atoms with Gasteiger partial charge in [-0.15, -0.1) is 0 Å². The van der Waals surface area contributed by atoms with Gasteiger partial charge in [-0.1, -0.05) is 13.8 Å². The van der Waals surface area contributed by atoms with Crippen LogP contribution in [0.4, 0.5) is 26.3 Å². The predicted octanol–water partition coefficient (Wildman–Crippen LogP) is 4.45. The van der Waals surface area contributed by atoms with Gasteiger partial charge in [-0.3, -0.25) is 4.79 Å². The summed E-state index contributed by atoms with van der Waals surface area (Å²) in [4.78, 5) is 12.2. The van der Waals surface area contributed by atoms with Crippen molar-refractivity contribution in [2.45, 2.75) is 58.0 Å². The van der Waals surface area contributed by atoms with Crippen molar-refractivity contribution in [1.82, 2.24) is 5.32 Å². The zero-order valence-corrected chi connectivity index (χ0v) is 14.8. The SMILES string of the molecule is CC(C)C[C@@H](N)C(=O)NC(C)(C)c1cc(C(F)(F)F)cc(C(F)(F)F)c1. The largest absolute Gasteiger partial charge is 0.416 e. The summed E-state index contributed by atoms with van der Waals surface area (Å²) in [5.41, 5.74) is 1.07. The Balaban J connectivity index is 3.28. The van der Waals surface area contributed by atoms with Crippen LogP contribution in [0.3, 0.4) is 0 Å². The molecule has 1 amide bonds. The fraction of sp³-hybridized carbons (Fsp3) is 0.588. The van der Waals surface area contributed by atoms with E-state index in [1.54, 1.807) is 0 Å². The molecule has 0 aliphatic heterocycles. The normalized spacial score (nSPS) is 14.5. The highest BCUT2D eigenvalue weighted by Crippen LogP contribution is 2.38. The molecule has 0 heterocycles. The van der Waals surface area contributed by atoms with E-state index < -0.39 is 41.0 Å². The molecule has 1 atom stereocenters. The topological polar surface area (TPSA) is 55.1 Å². The van der Waals surface area contributed by atoms with Crippen LogP contribution in [0.1, 0.15) is 50.8 Å². The Bertz CT molecular complexity index is 617. The number of nitrogens with one attached hydrogen (secondary N) is 1. The summed E-state index contributed by atoms with van der Waals surface area (Å²) in [6.07, 6.45) is -9.58. The second kappa shape index (κ2) is 7.46. The monoisotopic (exact) mass is 384 g/mol. The molecular weight excluding hydrogens is 362 g/mol. The molecule has 9 heteroatoms. The summed E-state index contributed by atoms with van der Waals surface area (Å²) in [7, 11) is 0. The average molecular weight is 384 g/mol. The molecule has 0 spiro atoms. The number of nitrogens with two attached hydrogens (primary N) is 1. The maximum atomic E-state index is 13.0. The molecule has 0 aliphatic carbocycles. The molecule has 0 saturated heterocycles. The van der Waals surface area contributed by atoms with E-state index in [2.05, 4.69) is 5.32 Å². The summed E-state index contributed by atoms with van der Waals surface area (Å²) in [5.74, 6) is -0.543. The number of carbonyl (C=O) groups excluding carboxylic acids is 1. The van der Waals surface area contributed by atoms with Crippen LogP contribution in [-0.4, -0.2) is 11.9 Å². The molecule has 0 fully saturated rings. The van der Waals surface area contributed by atoms with Gasteiger partial charge >= 0.3 is 12.4 Å². The molecule has 0 aliphatic rings. The number of halogens is 6. The Morgan fingerprint density at radius 3 is 1.69 bits per heavy atom. The summed E-state index contributed by atoms with van der Waals surface area (Å²) in [6, 6.07) is 0.334. The van der Waals surface area contributed by atoms with Gasteiger partial charge in [0.05, 0.1) is 22.7 Å². The van der Waals surface area contributed by atoms with E-state index in [0.29, 0.717) is 18.6 Å². The lowest BCUT2D eigenvalue weighted by Gasteiger charge is -2.30. The predicted molar refractivity (Wildman–Crippen MR) is 85.0 cm³/mol. The van der Waals surface area contributed by atoms with Crippen molar-refractivity contribution in [3.05, 3.63) is 34.9 Å². The van der Waals surface area contributed by atoms with E-state index in [0.717, 1.165) is 0 Å². The van der Waals surface area contributed by atoms with E-state index in [1.165, 1.54) is 13.8 Å². The average Bonchev–Trinajstić information content (AvgIpc) is 2.43. The van der Waals surface area contributed by atoms with Crippen LogP contribution >= 0.6 is 0 Å². The quantitative estimate of drug-likeness (QED) is 0.737. The third kappa shape index (κ3) is 5.89. The lowest BCUT2D eigenvalue weighted by molar-refractivity contribution is -0.143. The number of hydrogen-bond acceptors (Lipinski definition) is 2. The standard InChI is InChI=1S/C17H22F6N2O/c1-9(2)5-13(24)14(26)25-15(3,4)10-6-11(16(18,19)20)8-12(7-10)17(21,22)23/h6-9,13H,5,24H2,1-4H3,(H,25,26)/t13-/m1/s1. The molecule has 148 valence electrons. The molecule has 1 aromatic rings. The maximum Gasteiger partial charge on any atom is 0.416 e. The number of rotatable bonds is 5. The molecule has 0 saturated carbocycles. The lowest BCUT2D eigenvalue weighted by Crippen LogP contribution is -2.49. The van der Waals surface area contributed by atoms with Crippen LogP contribution in [0, 0.1) is 5.92 Å². The Labute approximate surface area is 147 Å². The summed E-state index contributed by atoms with van der Waals surface area (Å²) >= 11 is 0. The van der Waals surface area contributed by atoms with Gasteiger partial charge in [0.2, 0.25) is 5.91 Å². The molecule has 0 bridgehead atoms.